The summed E-state index contributed by atoms with van der Waals surface area (Å²) < 4.78 is 5.82. The average molecular weight is 309 g/mol. The van der Waals surface area contributed by atoms with Crippen LogP contribution in [0.15, 0.2) is 35.3 Å². The molecule has 0 heterocycles. The molecule has 21 heavy (non-hydrogen) atoms. The Morgan fingerprint density at radius 2 is 2.00 bits per heavy atom. The fourth-order valence-electron chi connectivity index (χ4n) is 1.81. The van der Waals surface area contributed by atoms with Crippen LogP contribution in [0.1, 0.15) is 19.8 Å². The number of aliphatic imine (C=N–C) groups is 1. The van der Waals surface area contributed by atoms with Gasteiger partial charge in [0.15, 0.2) is 5.96 Å². The Morgan fingerprint density at radius 3 is 2.67 bits per heavy atom. The number of hydrogen-bond donors (Lipinski definition) is 2. The predicted octanol–water partition coefficient (Wildman–Crippen LogP) is 2.76. The Labute approximate surface area is 132 Å². The Hall–Kier alpha value is -1.36. The van der Waals surface area contributed by atoms with Crippen LogP contribution in [0.25, 0.3) is 0 Å². The molecule has 1 aromatic carbocycles. The molecular formula is C16H27N3OS. The van der Waals surface area contributed by atoms with E-state index in [-0.39, 0.29) is 6.10 Å². The molecule has 0 amide bonds. The molecule has 0 aliphatic carbocycles. The summed E-state index contributed by atoms with van der Waals surface area (Å²) in [5.41, 5.74) is 0. The van der Waals surface area contributed by atoms with E-state index in [9.17, 15) is 0 Å². The SMILES string of the molecule is CN=C(NCCCCSC)NCC(C)Oc1ccccc1. The molecule has 0 saturated carbocycles. The molecule has 1 atom stereocenters. The van der Waals surface area contributed by atoms with Crippen molar-refractivity contribution < 1.29 is 4.74 Å². The van der Waals surface area contributed by atoms with E-state index >= 15 is 0 Å². The van der Waals surface area contributed by atoms with Gasteiger partial charge in [0.05, 0.1) is 6.54 Å². The Morgan fingerprint density at radius 1 is 1.24 bits per heavy atom. The highest BCUT2D eigenvalue weighted by Gasteiger charge is 2.05. The molecule has 2 N–H and O–H groups in total. The van der Waals surface area contributed by atoms with E-state index in [1.54, 1.807) is 7.05 Å². The van der Waals surface area contributed by atoms with E-state index in [1.807, 2.05) is 49.0 Å². The first-order valence-electron chi connectivity index (χ1n) is 7.41. The monoisotopic (exact) mass is 309 g/mol. The van der Waals surface area contributed by atoms with Crippen molar-refractivity contribution in [2.45, 2.75) is 25.9 Å². The topological polar surface area (TPSA) is 45.7 Å². The highest BCUT2D eigenvalue weighted by atomic mass is 32.2. The number of nitrogens with one attached hydrogen (secondary N) is 2. The Kier molecular flexibility index (Phi) is 9.53. The standard InChI is InChI=1S/C16H27N3OS/c1-14(20-15-9-5-4-6-10-15)13-19-16(17-2)18-11-7-8-12-21-3/h4-6,9-10,14H,7-8,11-13H2,1-3H3,(H2,17,18,19). The second kappa shape index (κ2) is 11.3. The van der Waals surface area contributed by atoms with Gasteiger partial charge < -0.3 is 15.4 Å². The van der Waals surface area contributed by atoms with Gasteiger partial charge in [-0.05, 0) is 43.9 Å². The summed E-state index contributed by atoms with van der Waals surface area (Å²) in [7, 11) is 1.79. The number of guanidine groups is 1. The fourth-order valence-corrected chi connectivity index (χ4v) is 2.31. The molecule has 0 aliphatic heterocycles. The number of thioether (sulfide) groups is 1. The molecule has 0 spiro atoms. The van der Waals surface area contributed by atoms with Crippen molar-refractivity contribution in [1.29, 1.82) is 0 Å². The number of benzene rings is 1. The predicted molar refractivity (Wildman–Crippen MR) is 93.5 cm³/mol. The summed E-state index contributed by atoms with van der Waals surface area (Å²) in [4.78, 5) is 4.22. The third-order valence-electron chi connectivity index (χ3n) is 2.93. The molecular weight excluding hydrogens is 282 g/mol. The zero-order chi connectivity index (χ0) is 15.3. The number of hydrogen-bond acceptors (Lipinski definition) is 3. The average Bonchev–Trinajstić information content (AvgIpc) is 2.51. The van der Waals surface area contributed by atoms with E-state index in [4.69, 9.17) is 4.74 Å². The smallest absolute Gasteiger partial charge is 0.191 e. The molecule has 1 aromatic rings. The van der Waals surface area contributed by atoms with Crippen LogP contribution in [0.4, 0.5) is 0 Å². The molecule has 0 bridgehead atoms. The molecule has 118 valence electrons. The highest BCUT2D eigenvalue weighted by Crippen LogP contribution is 2.10. The minimum atomic E-state index is 0.0856. The third kappa shape index (κ3) is 8.50. The van der Waals surface area contributed by atoms with Crippen molar-refractivity contribution in [3.63, 3.8) is 0 Å². The van der Waals surface area contributed by atoms with Crippen LogP contribution in [0, 0.1) is 0 Å². The van der Waals surface area contributed by atoms with Crippen LogP contribution in [0.3, 0.4) is 0 Å². The summed E-state index contributed by atoms with van der Waals surface area (Å²) in [6, 6.07) is 9.87. The third-order valence-corrected chi connectivity index (χ3v) is 3.63. The molecule has 0 fully saturated rings. The zero-order valence-electron chi connectivity index (χ0n) is 13.3. The van der Waals surface area contributed by atoms with Gasteiger partial charge in [-0.1, -0.05) is 18.2 Å². The van der Waals surface area contributed by atoms with Gasteiger partial charge in [-0.2, -0.15) is 11.8 Å². The fraction of sp³-hybridized carbons (Fsp3) is 0.562. The normalized spacial score (nSPS) is 12.8. The first-order valence-corrected chi connectivity index (χ1v) is 8.80. The lowest BCUT2D eigenvalue weighted by Crippen LogP contribution is -2.42. The van der Waals surface area contributed by atoms with Crippen LogP contribution >= 0.6 is 11.8 Å². The summed E-state index contributed by atoms with van der Waals surface area (Å²) in [5.74, 6) is 2.95. The van der Waals surface area contributed by atoms with Crippen molar-refractivity contribution in [2.24, 2.45) is 4.99 Å². The van der Waals surface area contributed by atoms with Crippen LogP contribution in [0.5, 0.6) is 5.75 Å². The van der Waals surface area contributed by atoms with Gasteiger partial charge in [-0.3, -0.25) is 4.99 Å². The molecule has 0 saturated heterocycles. The molecule has 4 nitrogen and oxygen atoms in total. The summed E-state index contributed by atoms with van der Waals surface area (Å²) >= 11 is 1.89. The maximum atomic E-state index is 5.82. The van der Waals surface area contributed by atoms with Crippen LogP contribution in [-0.2, 0) is 0 Å². The van der Waals surface area contributed by atoms with Gasteiger partial charge in [-0.25, -0.2) is 0 Å². The van der Waals surface area contributed by atoms with E-state index in [2.05, 4.69) is 21.9 Å². The summed E-state index contributed by atoms with van der Waals surface area (Å²) in [5, 5.41) is 6.61. The van der Waals surface area contributed by atoms with E-state index in [0.717, 1.165) is 31.2 Å². The van der Waals surface area contributed by atoms with Crippen molar-refractivity contribution in [3.05, 3.63) is 30.3 Å². The van der Waals surface area contributed by atoms with Crippen LogP contribution in [0.2, 0.25) is 0 Å². The number of rotatable bonds is 9. The van der Waals surface area contributed by atoms with Gasteiger partial charge in [0.25, 0.3) is 0 Å². The minimum Gasteiger partial charge on any atom is -0.489 e. The Bertz CT molecular complexity index is 398. The number of ether oxygens (including phenoxy) is 1. The van der Waals surface area contributed by atoms with Gasteiger partial charge in [0.1, 0.15) is 11.9 Å². The molecule has 0 aromatic heterocycles. The molecule has 0 aliphatic rings. The second-order valence-corrected chi connectivity index (χ2v) is 5.81. The van der Waals surface area contributed by atoms with Gasteiger partial charge >= 0.3 is 0 Å². The van der Waals surface area contributed by atoms with Crippen molar-refractivity contribution in [3.8, 4) is 5.75 Å². The van der Waals surface area contributed by atoms with Crippen LogP contribution < -0.4 is 15.4 Å². The number of unbranched alkanes of at least 4 members (excludes halogenated alkanes) is 1. The Balaban J connectivity index is 2.19. The number of para-hydroxylation sites is 1. The largest absolute Gasteiger partial charge is 0.489 e. The molecule has 0 radical (unpaired) electrons. The highest BCUT2D eigenvalue weighted by molar-refractivity contribution is 7.98. The first kappa shape index (κ1) is 17.7. The lowest BCUT2D eigenvalue weighted by atomic mass is 10.3. The lowest BCUT2D eigenvalue weighted by Gasteiger charge is -2.17. The molecule has 1 unspecified atom stereocenters. The van der Waals surface area contributed by atoms with E-state index in [0.29, 0.717) is 0 Å². The minimum absolute atomic E-state index is 0.0856. The zero-order valence-corrected chi connectivity index (χ0v) is 14.1. The van der Waals surface area contributed by atoms with Gasteiger partial charge in [-0.15, -0.1) is 0 Å². The second-order valence-electron chi connectivity index (χ2n) is 4.82. The van der Waals surface area contributed by atoms with Crippen molar-refractivity contribution in [1.82, 2.24) is 10.6 Å². The lowest BCUT2D eigenvalue weighted by molar-refractivity contribution is 0.224. The summed E-state index contributed by atoms with van der Waals surface area (Å²) in [6.07, 6.45) is 4.63. The van der Waals surface area contributed by atoms with Gasteiger partial charge in [0, 0.05) is 13.6 Å². The van der Waals surface area contributed by atoms with Gasteiger partial charge in [0.2, 0.25) is 0 Å². The van der Waals surface area contributed by atoms with E-state index in [1.165, 1.54) is 12.2 Å². The summed E-state index contributed by atoms with van der Waals surface area (Å²) in [6.45, 7) is 3.72. The molecule has 1 rings (SSSR count). The number of nitrogens with zero attached hydrogens (tertiary/aromatic N) is 1. The quantitative estimate of drug-likeness (QED) is 0.418. The van der Waals surface area contributed by atoms with Crippen molar-refractivity contribution in [2.75, 3.05) is 32.1 Å². The van der Waals surface area contributed by atoms with Crippen molar-refractivity contribution >= 4 is 17.7 Å². The van der Waals surface area contributed by atoms with E-state index < -0.39 is 0 Å². The maximum Gasteiger partial charge on any atom is 0.191 e. The maximum absolute atomic E-state index is 5.82. The first-order chi connectivity index (χ1) is 10.3. The molecule has 5 heteroatoms. The van der Waals surface area contributed by atoms with Crippen LogP contribution in [-0.4, -0.2) is 44.2 Å².